The Morgan fingerprint density at radius 2 is 1.96 bits per heavy atom. The van der Waals surface area contributed by atoms with E-state index in [0.717, 1.165) is 0 Å². The number of hydrogen-bond donors (Lipinski definition) is 4. The predicted molar refractivity (Wildman–Crippen MR) is 84.9 cm³/mol. The van der Waals surface area contributed by atoms with Gasteiger partial charge in [-0.2, -0.15) is 0 Å². The van der Waals surface area contributed by atoms with Crippen LogP contribution in [0.2, 0.25) is 5.02 Å². The number of aromatic hydroxyl groups is 1. The molecule has 1 aromatic carbocycles. The maximum absolute atomic E-state index is 11.5. The van der Waals surface area contributed by atoms with Crippen LogP contribution in [0.5, 0.6) is 11.5 Å². The van der Waals surface area contributed by atoms with E-state index in [1.54, 1.807) is 20.8 Å². The minimum absolute atomic E-state index is 0.0225. The van der Waals surface area contributed by atoms with Crippen molar-refractivity contribution < 1.29 is 29.6 Å². The van der Waals surface area contributed by atoms with E-state index in [1.165, 1.54) is 19.2 Å². The molecule has 0 spiro atoms. The second-order valence-electron chi connectivity index (χ2n) is 5.95. The summed E-state index contributed by atoms with van der Waals surface area (Å²) in [7, 11) is 1.34. The molecular weight excluding hydrogens is 326 g/mol. The van der Waals surface area contributed by atoms with Crippen molar-refractivity contribution >= 4 is 17.7 Å². The fourth-order valence-corrected chi connectivity index (χ4v) is 1.98. The van der Waals surface area contributed by atoms with E-state index < -0.39 is 23.9 Å². The van der Waals surface area contributed by atoms with E-state index in [4.69, 9.17) is 21.1 Å². The first-order valence-electron chi connectivity index (χ1n) is 6.94. The summed E-state index contributed by atoms with van der Waals surface area (Å²) < 4.78 is 9.96. The van der Waals surface area contributed by atoms with Crippen LogP contribution in [-0.2, 0) is 4.74 Å². The van der Waals surface area contributed by atoms with E-state index in [0.29, 0.717) is 0 Å². The Balaban J connectivity index is 2.72. The largest absolute Gasteiger partial charge is 0.503 e. The first-order valence-corrected chi connectivity index (χ1v) is 7.32. The molecule has 0 radical (unpaired) electrons. The molecule has 0 saturated heterocycles. The third-order valence-corrected chi connectivity index (χ3v) is 3.12. The highest BCUT2D eigenvalue weighted by Gasteiger charge is 2.23. The Morgan fingerprint density at radius 1 is 1.35 bits per heavy atom. The van der Waals surface area contributed by atoms with Crippen LogP contribution >= 0.6 is 11.6 Å². The molecule has 1 aromatic rings. The Kier molecular flexibility index (Phi) is 6.49. The molecule has 0 aliphatic carbocycles. The van der Waals surface area contributed by atoms with Crippen LogP contribution in [0.3, 0.4) is 0 Å². The van der Waals surface area contributed by atoms with Crippen LogP contribution in [-0.4, -0.2) is 46.8 Å². The van der Waals surface area contributed by atoms with Crippen molar-refractivity contribution in [2.45, 2.75) is 38.6 Å². The maximum atomic E-state index is 11.5. The monoisotopic (exact) mass is 347 g/mol. The molecule has 0 aromatic heterocycles. The number of hydrogen-bond acceptors (Lipinski definition) is 6. The van der Waals surface area contributed by atoms with E-state index in [2.05, 4.69) is 5.32 Å². The fraction of sp³-hybridized carbons (Fsp3) is 0.533. The zero-order valence-electron chi connectivity index (χ0n) is 13.5. The molecule has 7 nitrogen and oxygen atoms in total. The zero-order valence-corrected chi connectivity index (χ0v) is 14.2. The summed E-state index contributed by atoms with van der Waals surface area (Å²) >= 11 is 5.83. The van der Waals surface area contributed by atoms with Gasteiger partial charge in [0, 0.05) is 6.54 Å². The number of rotatable bonds is 5. The molecular formula is C15H22ClNO6. The highest BCUT2D eigenvalue weighted by molar-refractivity contribution is 6.32. The first-order chi connectivity index (χ1) is 10.5. The summed E-state index contributed by atoms with van der Waals surface area (Å²) in [5.41, 5.74) is -0.422. The van der Waals surface area contributed by atoms with Crippen LogP contribution < -0.4 is 10.1 Å². The second-order valence-corrected chi connectivity index (χ2v) is 6.36. The van der Waals surface area contributed by atoms with Crippen LogP contribution in [0.25, 0.3) is 0 Å². The second kappa shape index (κ2) is 7.72. The lowest BCUT2D eigenvalue weighted by atomic mass is 10.0. The van der Waals surface area contributed by atoms with Gasteiger partial charge in [-0.05, 0) is 38.5 Å². The van der Waals surface area contributed by atoms with E-state index in [9.17, 15) is 20.1 Å². The van der Waals surface area contributed by atoms with Gasteiger partial charge in [-0.15, -0.1) is 0 Å². The Bertz CT molecular complexity index is 558. The van der Waals surface area contributed by atoms with Crippen molar-refractivity contribution in [1.82, 2.24) is 5.32 Å². The number of carbonyl (C=O) groups is 1. The highest BCUT2D eigenvalue weighted by atomic mass is 35.5. The van der Waals surface area contributed by atoms with E-state index >= 15 is 0 Å². The maximum Gasteiger partial charge on any atom is 0.407 e. The number of amides is 1. The average molecular weight is 348 g/mol. The molecule has 4 N–H and O–H groups in total. The minimum Gasteiger partial charge on any atom is -0.503 e. The Labute approximate surface area is 139 Å². The van der Waals surface area contributed by atoms with Gasteiger partial charge in [0.2, 0.25) is 0 Å². The van der Waals surface area contributed by atoms with Crippen molar-refractivity contribution in [2.75, 3.05) is 13.7 Å². The fourth-order valence-electron chi connectivity index (χ4n) is 1.76. The zero-order chi connectivity index (χ0) is 17.8. The molecule has 1 amide bonds. The van der Waals surface area contributed by atoms with Gasteiger partial charge in [-0.1, -0.05) is 11.6 Å². The number of methoxy groups -OCH3 is 1. The number of benzene rings is 1. The van der Waals surface area contributed by atoms with Gasteiger partial charge in [0.15, 0.2) is 11.5 Å². The molecule has 0 heterocycles. The van der Waals surface area contributed by atoms with Crippen LogP contribution in [0.15, 0.2) is 12.1 Å². The van der Waals surface area contributed by atoms with Gasteiger partial charge in [0.05, 0.1) is 12.1 Å². The van der Waals surface area contributed by atoms with Gasteiger partial charge in [0.25, 0.3) is 0 Å². The number of phenols is 1. The SMILES string of the molecule is COc1cc(C(O)C(O)CNC(=O)OC(C)(C)C)cc(Cl)c1O. The highest BCUT2D eigenvalue weighted by Crippen LogP contribution is 2.37. The summed E-state index contributed by atoms with van der Waals surface area (Å²) in [6.45, 7) is 4.91. The quantitative estimate of drug-likeness (QED) is 0.648. The molecule has 0 aliphatic rings. The van der Waals surface area contributed by atoms with Crippen LogP contribution in [0.1, 0.15) is 32.4 Å². The lowest BCUT2D eigenvalue weighted by Crippen LogP contribution is -2.38. The van der Waals surface area contributed by atoms with Crippen molar-refractivity contribution in [3.05, 3.63) is 22.7 Å². The summed E-state index contributed by atoms with van der Waals surface area (Å²) in [6, 6.07) is 2.66. The van der Waals surface area contributed by atoms with Crippen molar-refractivity contribution in [2.24, 2.45) is 0 Å². The van der Waals surface area contributed by atoms with Crippen molar-refractivity contribution in [3.8, 4) is 11.5 Å². The average Bonchev–Trinajstić information content (AvgIpc) is 2.44. The van der Waals surface area contributed by atoms with Gasteiger partial charge in [-0.25, -0.2) is 4.79 Å². The minimum atomic E-state index is -1.34. The Morgan fingerprint density at radius 3 is 2.48 bits per heavy atom. The number of aliphatic hydroxyl groups is 2. The number of nitrogens with one attached hydrogen (secondary N) is 1. The smallest absolute Gasteiger partial charge is 0.407 e. The number of alkyl carbamates (subject to hydrolysis) is 1. The third-order valence-electron chi connectivity index (χ3n) is 2.83. The molecule has 8 heteroatoms. The number of aliphatic hydroxyl groups excluding tert-OH is 2. The topological polar surface area (TPSA) is 108 Å². The molecule has 0 saturated carbocycles. The molecule has 2 atom stereocenters. The van der Waals surface area contributed by atoms with Gasteiger partial charge < -0.3 is 30.1 Å². The lowest BCUT2D eigenvalue weighted by molar-refractivity contribution is 0.0128. The normalized spacial score (nSPS) is 14.0. The molecule has 0 aliphatic heterocycles. The van der Waals surface area contributed by atoms with Crippen LogP contribution in [0.4, 0.5) is 4.79 Å². The summed E-state index contributed by atoms with van der Waals surface area (Å²) in [6.07, 6.45) is -3.34. The molecule has 2 unspecified atom stereocenters. The van der Waals surface area contributed by atoms with Gasteiger partial charge in [0.1, 0.15) is 17.8 Å². The number of halogens is 1. The van der Waals surface area contributed by atoms with Crippen LogP contribution in [0, 0.1) is 0 Å². The number of carbonyl (C=O) groups excluding carboxylic acids is 1. The number of phenolic OH excluding ortho intramolecular Hbond substituents is 1. The number of ether oxygens (including phenoxy) is 2. The standard InChI is InChI=1S/C15H22ClNO6/c1-15(2,3)23-14(21)17-7-10(18)12(19)8-5-9(16)13(20)11(6-8)22-4/h5-6,10,12,18-20H,7H2,1-4H3,(H,17,21). The first kappa shape index (κ1) is 19.3. The van der Waals surface area contributed by atoms with E-state index in [-0.39, 0.29) is 28.6 Å². The summed E-state index contributed by atoms with van der Waals surface area (Å²) in [5.74, 6) is -0.190. The molecule has 23 heavy (non-hydrogen) atoms. The predicted octanol–water partition coefficient (Wildman–Crippen LogP) is 1.97. The molecule has 130 valence electrons. The van der Waals surface area contributed by atoms with Gasteiger partial charge in [-0.3, -0.25) is 0 Å². The Hall–Kier alpha value is -1.70. The summed E-state index contributed by atoms with van der Waals surface area (Å²) in [4.78, 5) is 11.5. The molecule has 1 rings (SSSR count). The third kappa shape index (κ3) is 5.78. The summed E-state index contributed by atoms with van der Waals surface area (Å²) in [5, 5.41) is 32.1. The van der Waals surface area contributed by atoms with E-state index in [1.807, 2.05) is 0 Å². The van der Waals surface area contributed by atoms with Crippen molar-refractivity contribution in [3.63, 3.8) is 0 Å². The lowest BCUT2D eigenvalue weighted by Gasteiger charge is -2.22. The molecule has 0 fully saturated rings. The van der Waals surface area contributed by atoms with Crippen molar-refractivity contribution in [1.29, 1.82) is 0 Å². The van der Waals surface area contributed by atoms with Gasteiger partial charge >= 0.3 is 6.09 Å². The molecule has 0 bridgehead atoms.